The minimum Gasteiger partial charge on any atom is -0.482 e. The van der Waals surface area contributed by atoms with Gasteiger partial charge in [-0.3, -0.25) is 9.59 Å². The fourth-order valence-corrected chi connectivity index (χ4v) is 5.15. The highest BCUT2D eigenvalue weighted by Crippen LogP contribution is 2.31. The van der Waals surface area contributed by atoms with E-state index in [0.717, 1.165) is 22.3 Å². The number of pyridine rings is 1. The molecule has 6 rings (SSSR count). The molecule has 0 aliphatic carbocycles. The van der Waals surface area contributed by atoms with Crippen LogP contribution in [0.1, 0.15) is 21.5 Å². The van der Waals surface area contributed by atoms with Crippen LogP contribution in [0.2, 0.25) is 0 Å². The number of ketones is 1. The Morgan fingerprint density at radius 2 is 1.53 bits per heavy atom. The van der Waals surface area contributed by atoms with Crippen molar-refractivity contribution in [2.75, 3.05) is 38.2 Å². The third-order valence-electron chi connectivity index (χ3n) is 7.50. The van der Waals surface area contributed by atoms with Gasteiger partial charge >= 0.3 is 6.18 Å². The number of nitrogens with zero attached hydrogens (tertiary/aromatic N) is 4. The van der Waals surface area contributed by atoms with E-state index < -0.39 is 12.8 Å². The van der Waals surface area contributed by atoms with Crippen molar-refractivity contribution in [3.63, 3.8) is 0 Å². The Morgan fingerprint density at radius 3 is 2.21 bits per heavy atom. The van der Waals surface area contributed by atoms with Crippen molar-refractivity contribution < 1.29 is 36.6 Å². The number of fused-ring (bicyclic) bond motifs is 1. The Kier molecular flexibility index (Phi) is 9.16. The SMILES string of the molecule is O=C(Cc1ccc(F)cc1)Cc1ccc(-c2ccc3nc(Nc4ccc(C(=O)N5CCOCC5)cc4OCC(F)(F)F)nn3c2)cc1. The smallest absolute Gasteiger partial charge is 0.422 e. The Morgan fingerprint density at radius 1 is 0.872 bits per heavy atom. The highest BCUT2D eigenvalue weighted by Gasteiger charge is 2.29. The Labute approximate surface area is 266 Å². The number of Topliss-reactive ketones (excluding diaryl/α,β-unsaturated/α-hetero) is 1. The van der Waals surface area contributed by atoms with Crippen LogP contribution >= 0.6 is 0 Å². The Hall–Kier alpha value is -5.30. The van der Waals surface area contributed by atoms with E-state index in [-0.39, 0.29) is 53.3 Å². The van der Waals surface area contributed by atoms with Gasteiger partial charge in [0.1, 0.15) is 17.3 Å². The Balaban J connectivity index is 1.16. The van der Waals surface area contributed by atoms with E-state index in [1.165, 1.54) is 34.8 Å². The molecule has 2 aromatic heterocycles. The van der Waals surface area contributed by atoms with Crippen LogP contribution in [0, 0.1) is 5.82 Å². The number of carbonyl (C=O) groups excluding carboxylic acids is 2. The molecule has 0 atom stereocenters. The van der Waals surface area contributed by atoms with E-state index in [0.29, 0.717) is 32.0 Å². The Bertz CT molecular complexity index is 1890. The number of ether oxygens (including phenoxy) is 2. The van der Waals surface area contributed by atoms with E-state index in [4.69, 9.17) is 9.47 Å². The second kappa shape index (κ2) is 13.6. The van der Waals surface area contributed by atoms with Crippen molar-refractivity contribution >= 4 is 29.0 Å². The van der Waals surface area contributed by atoms with E-state index in [1.807, 2.05) is 30.3 Å². The number of benzene rings is 3. The zero-order chi connectivity index (χ0) is 33.0. The molecule has 0 unspecified atom stereocenters. The number of carbonyl (C=O) groups is 2. The van der Waals surface area contributed by atoms with Gasteiger partial charge in [0.15, 0.2) is 12.3 Å². The van der Waals surface area contributed by atoms with Crippen molar-refractivity contribution in [1.29, 1.82) is 0 Å². The molecule has 5 aromatic rings. The summed E-state index contributed by atoms with van der Waals surface area (Å²) in [6.45, 7) is -0.00624. The van der Waals surface area contributed by atoms with Gasteiger partial charge in [0.2, 0.25) is 5.95 Å². The van der Waals surface area contributed by atoms with E-state index in [9.17, 15) is 27.2 Å². The third kappa shape index (κ3) is 8.11. The summed E-state index contributed by atoms with van der Waals surface area (Å²) >= 11 is 0. The fraction of sp³-hybridized carbons (Fsp3) is 0.235. The van der Waals surface area contributed by atoms with E-state index in [1.54, 1.807) is 29.3 Å². The second-order valence-electron chi connectivity index (χ2n) is 11.0. The van der Waals surface area contributed by atoms with Crippen molar-refractivity contribution in [3.05, 3.63) is 108 Å². The number of hydrogen-bond donors (Lipinski definition) is 1. The minimum absolute atomic E-state index is 0.0127. The van der Waals surface area contributed by atoms with Gasteiger partial charge < -0.3 is 19.7 Å². The van der Waals surface area contributed by atoms with Crippen LogP contribution in [-0.2, 0) is 22.4 Å². The quantitative estimate of drug-likeness (QED) is 0.185. The molecule has 1 fully saturated rings. The van der Waals surface area contributed by atoms with Crippen molar-refractivity contribution in [1.82, 2.24) is 19.5 Å². The van der Waals surface area contributed by atoms with Gasteiger partial charge in [0.05, 0.1) is 18.9 Å². The summed E-state index contributed by atoms with van der Waals surface area (Å²) in [6, 6.07) is 21.2. The third-order valence-corrected chi connectivity index (χ3v) is 7.50. The lowest BCUT2D eigenvalue weighted by atomic mass is 10.0. The predicted molar refractivity (Wildman–Crippen MR) is 165 cm³/mol. The van der Waals surface area contributed by atoms with Gasteiger partial charge in [-0.15, -0.1) is 5.10 Å². The molecular formula is C34H29F4N5O4. The minimum atomic E-state index is -4.59. The van der Waals surface area contributed by atoms with Crippen LogP contribution in [0.25, 0.3) is 16.8 Å². The monoisotopic (exact) mass is 647 g/mol. The molecule has 47 heavy (non-hydrogen) atoms. The summed E-state index contributed by atoms with van der Waals surface area (Å²) in [4.78, 5) is 31.5. The summed E-state index contributed by atoms with van der Waals surface area (Å²) in [7, 11) is 0. The molecule has 0 saturated carbocycles. The molecule has 9 nitrogen and oxygen atoms in total. The standard InChI is InChI=1S/C34H29F4N5O4/c35-27-9-3-23(4-10-27)18-28(44)17-22-1-5-24(6-2-22)26-8-12-31-40-33(41-43(31)20-26)39-29-11-7-25(19-30(29)47-21-34(36,37)38)32(45)42-13-15-46-16-14-42/h1-12,19-20H,13-18,21H2,(H,39,41). The molecule has 1 saturated heterocycles. The molecule has 3 heterocycles. The highest BCUT2D eigenvalue weighted by molar-refractivity contribution is 5.95. The van der Waals surface area contributed by atoms with Crippen molar-refractivity contribution in [2.45, 2.75) is 19.0 Å². The largest absolute Gasteiger partial charge is 0.482 e. The highest BCUT2D eigenvalue weighted by atomic mass is 19.4. The lowest BCUT2D eigenvalue weighted by Crippen LogP contribution is -2.40. The number of halogens is 4. The number of anilines is 2. The maximum Gasteiger partial charge on any atom is 0.422 e. The number of rotatable bonds is 10. The molecule has 0 spiro atoms. The van der Waals surface area contributed by atoms with Crippen LogP contribution in [0.15, 0.2) is 85.1 Å². The van der Waals surface area contributed by atoms with Gasteiger partial charge in [0.25, 0.3) is 5.91 Å². The number of aromatic nitrogens is 3. The molecule has 1 N–H and O–H groups in total. The molecule has 0 bridgehead atoms. The van der Waals surface area contributed by atoms with Gasteiger partial charge in [0, 0.05) is 43.3 Å². The summed E-state index contributed by atoms with van der Waals surface area (Å²) in [5, 5.41) is 7.35. The average molecular weight is 648 g/mol. The first-order chi connectivity index (χ1) is 22.6. The fourth-order valence-electron chi connectivity index (χ4n) is 5.15. The van der Waals surface area contributed by atoms with Gasteiger partial charge in [-0.25, -0.2) is 8.91 Å². The molecule has 1 aliphatic heterocycles. The summed E-state index contributed by atoms with van der Waals surface area (Å²) in [6.07, 6.45) is -2.37. The molecule has 242 valence electrons. The number of amides is 1. The zero-order valence-electron chi connectivity index (χ0n) is 25.0. The van der Waals surface area contributed by atoms with Crippen LogP contribution < -0.4 is 10.1 Å². The number of alkyl halides is 3. The van der Waals surface area contributed by atoms with Crippen LogP contribution in [0.3, 0.4) is 0 Å². The van der Waals surface area contributed by atoms with Gasteiger partial charge in [-0.1, -0.05) is 36.4 Å². The molecule has 13 heteroatoms. The second-order valence-corrected chi connectivity index (χ2v) is 11.0. The van der Waals surface area contributed by atoms with Crippen molar-refractivity contribution in [3.8, 4) is 16.9 Å². The number of morpholine rings is 1. The first-order valence-corrected chi connectivity index (χ1v) is 14.8. The van der Waals surface area contributed by atoms with Gasteiger partial charge in [-0.2, -0.15) is 18.2 Å². The van der Waals surface area contributed by atoms with E-state index in [2.05, 4.69) is 15.4 Å². The zero-order valence-corrected chi connectivity index (χ0v) is 25.0. The van der Waals surface area contributed by atoms with Crippen LogP contribution in [-0.4, -0.2) is 70.3 Å². The number of hydrogen-bond acceptors (Lipinski definition) is 7. The van der Waals surface area contributed by atoms with Crippen LogP contribution in [0.5, 0.6) is 5.75 Å². The average Bonchev–Trinajstić information content (AvgIpc) is 3.47. The lowest BCUT2D eigenvalue weighted by molar-refractivity contribution is -0.153. The summed E-state index contributed by atoms with van der Waals surface area (Å²) < 4.78 is 64.2. The van der Waals surface area contributed by atoms with Gasteiger partial charge in [-0.05, 0) is 59.2 Å². The molecule has 1 amide bonds. The van der Waals surface area contributed by atoms with Crippen molar-refractivity contribution in [2.24, 2.45) is 0 Å². The first-order valence-electron chi connectivity index (χ1n) is 14.8. The predicted octanol–water partition coefficient (Wildman–Crippen LogP) is 6.05. The number of nitrogens with one attached hydrogen (secondary N) is 1. The summed E-state index contributed by atoms with van der Waals surface area (Å²) in [5.41, 5.74) is 4.11. The molecule has 1 aliphatic rings. The molecule has 3 aromatic carbocycles. The first kappa shape index (κ1) is 31.7. The topological polar surface area (TPSA) is 98.1 Å². The maximum absolute atomic E-state index is 13.1. The van der Waals surface area contributed by atoms with E-state index >= 15 is 0 Å². The molecular weight excluding hydrogens is 618 g/mol. The maximum atomic E-state index is 13.1. The normalized spacial score (nSPS) is 13.5. The van der Waals surface area contributed by atoms with Crippen LogP contribution in [0.4, 0.5) is 29.2 Å². The summed E-state index contributed by atoms with van der Waals surface area (Å²) in [5.74, 6) is -0.724. The lowest BCUT2D eigenvalue weighted by Gasteiger charge is -2.27. The molecule has 0 radical (unpaired) electrons.